The first-order chi connectivity index (χ1) is 9.05. The van der Waals surface area contributed by atoms with Crippen molar-refractivity contribution in [1.82, 2.24) is 9.73 Å². The van der Waals surface area contributed by atoms with Crippen molar-refractivity contribution in [3.05, 3.63) is 29.8 Å². The van der Waals surface area contributed by atoms with E-state index in [0.29, 0.717) is 31.9 Å². The maximum atomic E-state index is 12.3. The van der Waals surface area contributed by atoms with Gasteiger partial charge in [-0.25, -0.2) is 14.3 Å². The van der Waals surface area contributed by atoms with Crippen molar-refractivity contribution in [1.29, 1.82) is 0 Å². The van der Waals surface area contributed by atoms with Crippen LogP contribution in [0.5, 0.6) is 0 Å². The molecule has 1 aromatic carbocycles. The van der Waals surface area contributed by atoms with Crippen LogP contribution in [0.3, 0.4) is 0 Å². The number of carbonyl (C=O) groups excluding carboxylic acids is 1. The van der Waals surface area contributed by atoms with Gasteiger partial charge in [-0.15, -0.1) is 0 Å². The van der Waals surface area contributed by atoms with Gasteiger partial charge in [0.2, 0.25) is 10.0 Å². The van der Waals surface area contributed by atoms with Gasteiger partial charge < -0.3 is 4.74 Å². The van der Waals surface area contributed by atoms with E-state index in [1.807, 2.05) is 5.43 Å². The fourth-order valence-electron chi connectivity index (χ4n) is 1.80. The highest BCUT2D eigenvalue weighted by atomic mass is 32.2. The second kappa shape index (κ2) is 5.66. The van der Waals surface area contributed by atoms with Gasteiger partial charge in [0.25, 0.3) is 5.91 Å². The molecule has 8 heteroatoms. The third-order valence-electron chi connectivity index (χ3n) is 2.86. The maximum absolute atomic E-state index is 12.3. The van der Waals surface area contributed by atoms with Crippen LogP contribution >= 0.6 is 0 Å². The number of rotatable bonds is 3. The minimum absolute atomic E-state index is 0.156. The van der Waals surface area contributed by atoms with E-state index < -0.39 is 15.9 Å². The number of ether oxygens (including phenoxy) is 1. The molecule has 0 aliphatic carbocycles. The number of nitrogen functional groups attached to an aromatic ring is 1. The molecule has 0 saturated carbocycles. The van der Waals surface area contributed by atoms with Crippen molar-refractivity contribution in [2.24, 2.45) is 5.84 Å². The number of amides is 1. The Morgan fingerprint density at radius 3 is 2.32 bits per heavy atom. The molecule has 0 unspecified atom stereocenters. The number of hydrazine groups is 1. The lowest BCUT2D eigenvalue weighted by Gasteiger charge is -2.26. The molecule has 2 rings (SSSR count). The number of hydrogen-bond acceptors (Lipinski definition) is 5. The van der Waals surface area contributed by atoms with Gasteiger partial charge in [-0.05, 0) is 24.3 Å². The molecule has 1 saturated heterocycles. The van der Waals surface area contributed by atoms with Crippen LogP contribution in [0.25, 0.3) is 0 Å². The Balaban J connectivity index is 2.23. The van der Waals surface area contributed by atoms with Gasteiger partial charge in [-0.1, -0.05) is 0 Å². The zero-order chi connectivity index (χ0) is 13.9. The molecule has 1 aliphatic heterocycles. The Hall–Kier alpha value is -1.48. The smallest absolute Gasteiger partial charge is 0.265 e. The molecule has 3 N–H and O–H groups in total. The summed E-state index contributed by atoms with van der Waals surface area (Å²) in [5.41, 5.74) is 2.30. The Morgan fingerprint density at radius 2 is 1.79 bits per heavy atom. The molecule has 1 heterocycles. The summed E-state index contributed by atoms with van der Waals surface area (Å²) in [6.45, 7) is 1.47. The van der Waals surface area contributed by atoms with E-state index in [-0.39, 0.29) is 4.90 Å². The van der Waals surface area contributed by atoms with Crippen LogP contribution in [0, 0.1) is 0 Å². The standard InChI is InChI=1S/C11H15N3O4S/c12-13-11(15)9-1-3-10(4-2-9)19(16,17)14-5-7-18-8-6-14/h1-4H,5-8,12H2,(H,13,15). The van der Waals surface area contributed by atoms with E-state index in [2.05, 4.69) is 0 Å². The Kier molecular flexibility index (Phi) is 4.15. The van der Waals surface area contributed by atoms with Gasteiger partial charge in [0.1, 0.15) is 0 Å². The molecule has 0 radical (unpaired) electrons. The lowest BCUT2D eigenvalue weighted by molar-refractivity contribution is 0.0730. The first kappa shape index (κ1) is 13.9. The molecule has 19 heavy (non-hydrogen) atoms. The van der Waals surface area contributed by atoms with Crippen LogP contribution in [0.4, 0.5) is 0 Å². The monoisotopic (exact) mass is 285 g/mol. The number of morpholine rings is 1. The number of nitrogens with two attached hydrogens (primary N) is 1. The molecule has 1 fully saturated rings. The third-order valence-corrected chi connectivity index (χ3v) is 4.77. The Labute approximate surface area is 111 Å². The normalized spacial score (nSPS) is 17.1. The van der Waals surface area contributed by atoms with E-state index >= 15 is 0 Å². The van der Waals surface area contributed by atoms with Crippen molar-refractivity contribution in [3.8, 4) is 0 Å². The topological polar surface area (TPSA) is 102 Å². The molecule has 0 aromatic heterocycles. The van der Waals surface area contributed by atoms with Crippen LogP contribution < -0.4 is 11.3 Å². The van der Waals surface area contributed by atoms with Crippen molar-refractivity contribution in [3.63, 3.8) is 0 Å². The van der Waals surface area contributed by atoms with Crippen molar-refractivity contribution in [2.75, 3.05) is 26.3 Å². The molecule has 0 atom stereocenters. The predicted molar refractivity (Wildman–Crippen MR) is 67.7 cm³/mol. The highest BCUT2D eigenvalue weighted by molar-refractivity contribution is 7.89. The number of benzene rings is 1. The van der Waals surface area contributed by atoms with Crippen molar-refractivity contribution >= 4 is 15.9 Å². The van der Waals surface area contributed by atoms with Gasteiger partial charge >= 0.3 is 0 Å². The van der Waals surface area contributed by atoms with Gasteiger partial charge in [0.15, 0.2) is 0 Å². The third kappa shape index (κ3) is 2.92. The number of carbonyl (C=O) groups is 1. The molecule has 1 amide bonds. The SMILES string of the molecule is NNC(=O)c1ccc(S(=O)(=O)N2CCOCC2)cc1. The highest BCUT2D eigenvalue weighted by Crippen LogP contribution is 2.17. The quantitative estimate of drug-likeness (QED) is 0.435. The average Bonchev–Trinajstić information content (AvgIpc) is 2.47. The lowest BCUT2D eigenvalue weighted by atomic mass is 10.2. The molecule has 104 valence electrons. The molecular weight excluding hydrogens is 270 g/mol. The van der Waals surface area contributed by atoms with Gasteiger partial charge in [-0.3, -0.25) is 10.2 Å². The van der Waals surface area contributed by atoms with E-state index in [1.165, 1.54) is 28.6 Å². The Bertz CT molecular complexity index is 550. The highest BCUT2D eigenvalue weighted by Gasteiger charge is 2.26. The summed E-state index contributed by atoms with van der Waals surface area (Å²) >= 11 is 0. The summed E-state index contributed by atoms with van der Waals surface area (Å²) < 4.78 is 31.1. The fourth-order valence-corrected chi connectivity index (χ4v) is 3.21. The van der Waals surface area contributed by atoms with E-state index in [9.17, 15) is 13.2 Å². The first-order valence-corrected chi connectivity index (χ1v) is 7.18. The number of hydrogen-bond donors (Lipinski definition) is 2. The number of nitrogens with one attached hydrogen (secondary N) is 1. The summed E-state index contributed by atoms with van der Waals surface area (Å²) in [6, 6.07) is 5.65. The maximum Gasteiger partial charge on any atom is 0.265 e. The molecule has 1 aromatic rings. The number of sulfonamides is 1. The number of nitrogens with zero attached hydrogens (tertiary/aromatic N) is 1. The second-order valence-corrected chi connectivity index (χ2v) is 5.95. The summed E-state index contributed by atoms with van der Waals surface area (Å²) in [6.07, 6.45) is 0. The van der Waals surface area contributed by atoms with Crippen LogP contribution in [0.2, 0.25) is 0 Å². The van der Waals surface area contributed by atoms with Crippen molar-refractivity contribution in [2.45, 2.75) is 4.90 Å². The van der Waals surface area contributed by atoms with E-state index in [1.54, 1.807) is 0 Å². The van der Waals surface area contributed by atoms with Crippen LogP contribution in [-0.4, -0.2) is 44.9 Å². The Morgan fingerprint density at radius 1 is 1.21 bits per heavy atom. The largest absolute Gasteiger partial charge is 0.379 e. The van der Waals surface area contributed by atoms with Gasteiger partial charge in [0.05, 0.1) is 18.1 Å². The summed E-state index contributed by atoms with van der Waals surface area (Å²) in [4.78, 5) is 11.4. The minimum atomic E-state index is -3.52. The van der Waals surface area contributed by atoms with Crippen molar-refractivity contribution < 1.29 is 17.9 Å². The summed E-state index contributed by atoms with van der Waals surface area (Å²) in [5, 5.41) is 0. The lowest BCUT2D eigenvalue weighted by Crippen LogP contribution is -2.40. The molecule has 0 bridgehead atoms. The van der Waals surface area contributed by atoms with E-state index in [4.69, 9.17) is 10.6 Å². The van der Waals surface area contributed by atoms with Crippen LogP contribution in [-0.2, 0) is 14.8 Å². The van der Waals surface area contributed by atoms with E-state index in [0.717, 1.165) is 0 Å². The van der Waals surface area contributed by atoms with Crippen LogP contribution in [0.15, 0.2) is 29.2 Å². The zero-order valence-corrected chi connectivity index (χ0v) is 11.0. The molecule has 0 spiro atoms. The molecular formula is C11H15N3O4S. The van der Waals surface area contributed by atoms with Gasteiger partial charge in [0, 0.05) is 18.7 Å². The second-order valence-electron chi connectivity index (χ2n) is 4.01. The predicted octanol–water partition coefficient (Wildman–Crippen LogP) is -0.689. The summed E-state index contributed by atoms with van der Waals surface area (Å²) in [7, 11) is -3.52. The minimum Gasteiger partial charge on any atom is -0.379 e. The van der Waals surface area contributed by atoms with Gasteiger partial charge in [-0.2, -0.15) is 4.31 Å². The molecule has 7 nitrogen and oxygen atoms in total. The zero-order valence-electron chi connectivity index (χ0n) is 10.2. The molecule has 1 aliphatic rings. The fraction of sp³-hybridized carbons (Fsp3) is 0.364. The summed E-state index contributed by atoms with van der Waals surface area (Å²) in [5.74, 6) is 4.54. The average molecular weight is 285 g/mol. The van der Waals surface area contributed by atoms with Crippen LogP contribution in [0.1, 0.15) is 10.4 Å². The first-order valence-electron chi connectivity index (χ1n) is 5.74.